The van der Waals surface area contributed by atoms with Gasteiger partial charge in [0.15, 0.2) is 5.13 Å². The van der Waals surface area contributed by atoms with Gasteiger partial charge in [0.25, 0.3) is 0 Å². The Morgan fingerprint density at radius 1 is 1.17 bits per heavy atom. The summed E-state index contributed by atoms with van der Waals surface area (Å²) in [5, 5.41) is 6.69. The molecule has 2 atom stereocenters. The number of urea groups is 1. The highest BCUT2D eigenvalue weighted by Gasteiger charge is 2.36. The van der Waals surface area contributed by atoms with Crippen LogP contribution in [-0.2, 0) is 0 Å². The number of nitrogens with zero attached hydrogens (tertiary/aromatic N) is 2. The molecule has 0 bridgehead atoms. The lowest BCUT2D eigenvalue weighted by molar-refractivity contribution is 0.180. The van der Waals surface area contributed by atoms with Gasteiger partial charge in [-0.05, 0) is 31.4 Å². The molecule has 0 spiro atoms. The molecule has 2 fully saturated rings. The van der Waals surface area contributed by atoms with Gasteiger partial charge in [-0.15, -0.1) is 0 Å². The van der Waals surface area contributed by atoms with E-state index in [0.29, 0.717) is 11.2 Å². The topological polar surface area (TPSA) is 57.3 Å². The number of benzene rings is 1. The average molecular weight is 342 g/mol. The molecule has 2 amide bonds. The summed E-state index contributed by atoms with van der Waals surface area (Å²) in [5.74, 6) is 0. The van der Waals surface area contributed by atoms with Crippen molar-refractivity contribution in [2.45, 2.75) is 37.8 Å². The Balaban J connectivity index is 1.36. The van der Waals surface area contributed by atoms with Crippen molar-refractivity contribution in [1.82, 2.24) is 15.2 Å². The smallest absolute Gasteiger partial charge is 0.321 e. The fraction of sp³-hybridized carbons (Fsp3) is 0.444. The summed E-state index contributed by atoms with van der Waals surface area (Å²) < 4.78 is 0. The molecule has 0 unspecified atom stereocenters. The second-order valence-corrected chi connectivity index (χ2v) is 7.52. The SMILES string of the molecule is O=C(Nc1ncc(-c2ccccc2)s1)N[C@H]1CCN2CCCC[C@H]12. The van der Waals surface area contributed by atoms with Crippen molar-refractivity contribution in [2.75, 3.05) is 18.4 Å². The van der Waals surface area contributed by atoms with E-state index < -0.39 is 0 Å². The van der Waals surface area contributed by atoms with E-state index in [1.807, 2.05) is 36.5 Å². The normalized spacial score (nSPS) is 23.7. The lowest BCUT2D eigenvalue weighted by Crippen LogP contribution is -2.47. The van der Waals surface area contributed by atoms with E-state index in [4.69, 9.17) is 0 Å². The molecule has 4 rings (SSSR count). The Kier molecular flexibility index (Phi) is 4.49. The van der Waals surface area contributed by atoms with Gasteiger partial charge in [0.05, 0.1) is 4.88 Å². The molecule has 1 aromatic heterocycles. The maximum atomic E-state index is 12.3. The molecular formula is C18H22N4OS. The minimum atomic E-state index is -0.138. The van der Waals surface area contributed by atoms with Gasteiger partial charge in [-0.2, -0.15) is 0 Å². The zero-order valence-electron chi connectivity index (χ0n) is 13.6. The highest BCUT2D eigenvalue weighted by atomic mass is 32.1. The lowest BCUT2D eigenvalue weighted by atomic mass is 9.99. The number of nitrogens with one attached hydrogen (secondary N) is 2. The summed E-state index contributed by atoms with van der Waals surface area (Å²) in [6.07, 6.45) is 6.62. The Hall–Kier alpha value is -1.92. The number of rotatable bonds is 3. The first kappa shape index (κ1) is 15.6. The van der Waals surface area contributed by atoms with Gasteiger partial charge in [0.1, 0.15) is 0 Å². The van der Waals surface area contributed by atoms with Crippen LogP contribution in [0.1, 0.15) is 25.7 Å². The zero-order valence-corrected chi connectivity index (χ0v) is 14.4. The molecule has 6 heteroatoms. The van der Waals surface area contributed by atoms with Gasteiger partial charge in [-0.25, -0.2) is 9.78 Å². The van der Waals surface area contributed by atoms with Crippen molar-refractivity contribution in [1.29, 1.82) is 0 Å². The number of hydrogen-bond donors (Lipinski definition) is 2. The Morgan fingerprint density at radius 2 is 2.04 bits per heavy atom. The van der Waals surface area contributed by atoms with Crippen molar-refractivity contribution in [2.24, 2.45) is 0 Å². The summed E-state index contributed by atoms with van der Waals surface area (Å²) in [7, 11) is 0. The quantitative estimate of drug-likeness (QED) is 0.897. The summed E-state index contributed by atoms with van der Waals surface area (Å²) >= 11 is 1.50. The molecule has 24 heavy (non-hydrogen) atoms. The standard InChI is InChI=1S/C18H22N4OS/c23-17(20-14-9-11-22-10-5-4-8-15(14)22)21-18-19-12-16(24-18)13-6-2-1-3-7-13/h1-3,6-7,12,14-15H,4-5,8-11H2,(H2,19,20,21,23)/t14-,15+/m0/s1. The van der Waals surface area contributed by atoms with Crippen LogP contribution < -0.4 is 10.6 Å². The number of carbonyl (C=O) groups excluding carboxylic acids is 1. The summed E-state index contributed by atoms with van der Waals surface area (Å²) in [6.45, 7) is 2.28. The number of anilines is 1. The lowest BCUT2D eigenvalue weighted by Gasteiger charge is -2.32. The van der Waals surface area contributed by atoms with E-state index >= 15 is 0 Å². The molecule has 3 heterocycles. The molecule has 1 aromatic carbocycles. The Bertz CT molecular complexity index is 702. The Morgan fingerprint density at radius 3 is 2.92 bits per heavy atom. The fourth-order valence-corrected chi connectivity index (χ4v) is 4.60. The fourth-order valence-electron chi connectivity index (χ4n) is 3.79. The number of piperidine rings is 1. The first-order valence-corrected chi connectivity index (χ1v) is 9.44. The maximum absolute atomic E-state index is 12.3. The van der Waals surface area contributed by atoms with Crippen LogP contribution in [0, 0.1) is 0 Å². The number of fused-ring (bicyclic) bond motifs is 1. The van der Waals surface area contributed by atoms with Crippen molar-refractivity contribution < 1.29 is 4.79 Å². The van der Waals surface area contributed by atoms with E-state index in [1.54, 1.807) is 0 Å². The molecule has 0 saturated carbocycles. The highest BCUT2D eigenvalue weighted by molar-refractivity contribution is 7.19. The van der Waals surface area contributed by atoms with E-state index in [1.165, 1.54) is 37.1 Å². The van der Waals surface area contributed by atoms with Crippen molar-refractivity contribution in [3.63, 3.8) is 0 Å². The molecule has 126 valence electrons. The van der Waals surface area contributed by atoms with Crippen LogP contribution in [0.15, 0.2) is 36.5 Å². The number of hydrogen-bond acceptors (Lipinski definition) is 4. The van der Waals surface area contributed by atoms with Crippen LogP contribution in [0.4, 0.5) is 9.93 Å². The van der Waals surface area contributed by atoms with Gasteiger partial charge in [0.2, 0.25) is 0 Å². The van der Waals surface area contributed by atoms with Crippen LogP contribution >= 0.6 is 11.3 Å². The predicted molar refractivity (Wildman–Crippen MR) is 97.3 cm³/mol. The number of amides is 2. The second-order valence-electron chi connectivity index (χ2n) is 6.49. The predicted octanol–water partition coefficient (Wildman–Crippen LogP) is 3.56. The number of carbonyl (C=O) groups is 1. The molecule has 0 radical (unpaired) electrons. The van der Waals surface area contributed by atoms with E-state index in [-0.39, 0.29) is 12.1 Å². The van der Waals surface area contributed by atoms with E-state index in [9.17, 15) is 4.79 Å². The molecule has 2 aromatic rings. The van der Waals surface area contributed by atoms with Gasteiger partial charge in [-0.1, -0.05) is 48.1 Å². The van der Waals surface area contributed by atoms with Gasteiger partial charge in [-0.3, -0.25) is 10.2 Å². The minimum absolute atomic E-state index is 0.138. The summed E-state index contributed by atoms with van der Waals surface area (Å²) in [4.78, 5) is 20.2. The van der Waals surface area contributed by atoms with Crippen molar-refractivity contribution in [3.8, 4) is 10.4 Å². The van der Waals surface area contributed by atoms with Gasteiger partial charge in [0, 0.05) is 24.8 Å². The minimum Gasteiger partial charge on any atom is -0.333 e. The van der Waals surface area contributed by atoms with Crippen molar-refractivity contribution >= 4 is 22.5 Å². The van der Waals surface area contributed by atoms with Crippen LogP contribution in [0.25, 0.3) is 10.4 Å². The number of thiazole rings is 1. The van der Waals surface area contributed by atoms with Crippen LogP contribution in [0.5, 0.6) is 0 Å². The summed E-state index contributed by atoms with van der Waals surface area (Å²) in [5.41, 5.74) is 1.12. The molecule has 2 aliphatic rings. The molecular weight excluding hydrogens is 320 g/mol. The average Bonchev–Trinajstić information content (AvgIpc) is 3.23. The third-order valence-corrected chi connectivity index (χ3v) is 5.92. The highest BCUT2D eigenvalue weighted by Crippen LogP contribution is 2.29. The zero-order chi connectivity index (χ0) is 16.4. The second kappa shape index (κ2) is 6.91. The molecule has 2 N–H and O–H groups in total. The third-order valence-electron chi connectivity index (χ3n) is 4.96. The van der Waals surface area contributed by atoms with Crippen LogP contribution in [0.3, 0.4) is 0 Å². The van der Waals surface area contributed by atoms with E-state index in [2.05, 4.69) is 20.5 Å². The molecule has 2 aliphatic heterocycles. The summed E-state index contributed by atoms with van der Waals surface area (Å²) in [6, 6.07) is 10.7. The molecule has 2 saturated heterocycles. The van der Waals surface area contributed by atoms with Crippen LogP contribution in [0.2, 0.25) is 0 Å². The first-order chi connectivity index (χ1) is 11.8. The molecule has 0 aliphatic carbocycles. The maximum Gasteiger partial charge on any atom is 0.321 e. The van der Waals surface area contributed by atoms with Gasteiger partial charge >= 0.3 is 6.03 Å². The monoisotopic (exact) mass is 342 g/mol. The van der Waals surface area contributed by atoms with Gasteiger partial charge < -0.3 is 5.32 Å². The van der Waals surface area contributed by atoms with Crippen LogP contribution in [-0.4, -0.2) is 41.1 Å². The number of aromatic nitrogens is 1. The molecule has 5 nitrogen and oxygen atoms in total. The van der Waals surface area contributed by atoms with E-state index in [0.717, 1.165) is 23.4 Å². The first-order valence-electron chi connectivity index (χ1n) is 8.62. The Labute approximate surface area is 146 Å². The third kappa shape index (κ3) is 3.30. The van der Waals surface area contributed by atoms with Crippen molar-refractivity contribution in [3.05, 3.63) is 36.5 Å². The largest absolute Gasteiger partial charge is 0.333 e.